The summed E-state index contributed by atoms with van der Waals surface area (Å²) in [5, 5.41) is 3.99. The van der Waals surface area contributed by atoms with Crippen molar-refractivity contribution in [1.29, 1.82) is 0 Å². The van der Waals surface area contributed by atoms with Crippen LogP contribution < -0.4 is 15.6 Å². The number of ketones is 1. The smallest absolute Gasteiger partial charge is 0.159 e. The van der Waals surface area contributed by atoms with E-state index in [1.165, 1.54) is 21.1 Å². The van der Waals surface area contributed by atoms with E-state index in [1.54, 1.807) is 0 Å². The molecule has 0 unspecified atom stereocenters. The van der Waals surface area contributed by atoms with Gasteiger partial charge in [-0.05, 0) is 39.4 Å². The van der Waals surface area contributed by atoms with Gasteiger partial charge in [-0.15, -0.1) is 0 Å². The molecule has 0 aliphatic heterocycles. The van der Waals surface area contributed by atoms with E-state index in [0.717, 1.165) is 6.42 Å². The Bertz CT molecular complexity index is 1120. The first-order valence-corrected chi connectivity index (χ1v) is 13.6. The molecule has 4 atom stereocenters. The zero-order valence-corrected chi connectivity index (χ0v) is 19.0. The van der Waals surface area contributed by atoms with Crippen LogP contribution in [0.4, 0.5) is 0 Å². The van der Waals surface area contributed by atoms with Gasteiger partial charge in [0.25, 0.3) is 0 Å². The van der Waals surface area contributed by atoms with Gasteiger partial charge in [0.15, 0.2) is 8.07 Å². The number of hydrogen-bond acceptors (Lipinski definition) is 1. The number of rotatable bonds is 5. The third kappa shape index (κ3) is 2.86. The maximum atomic E-state index is 14.1. The van der Waals surface area contributed by atoms with Crippen LogP contribution in [-0.4, -0.2) is 13.9 Å². The Hall–Kier alpha value is -3.23. The van der Waals surface area contributed by atoms with Crippen molar-refractivity contribution in [2.45, 2.75) is 17.9 Å². The summed E-state index contributed by atoms with van der Waals surface area (Å²) in [6.45, 7) is 0. The molecule has 0 amide bonds. The second kappa shape index (κ2) is 7.72. The van der Waals surface area contributed by atoms with Crippen molar-refractivity contribution in [2.75, 3.05) is 0 Å². The molecular formula is C30H26OSi. The molecule has 0 spiro atoms. The van der Waals surface area contributed by atoms with Gasteiger partial charge >= 0.3 is 0 Å². The van der Waals surface area contributed by atoms with Crippen LogP contribution in [0.1, 0.15) is 17.9 Å². The van der Waals surface area contributed by atoms with E-state index < -0.39 is 8.07 Å². The number of carbonyl (C=O) groups is 1. The highest BCUT2D eigenvalue weighted by atomic mass is 28.3. The molecule has 2 fully saturated rings. The van der Waals surface area contributed by atoms with Crippen molar-refractivity contribution in [1.82, 2.24) is 0 Å². The van der Waals surface area contributed by atoms with Crippen molar-refractivity contribution in [2.24, 2.45) is 11.8 Å². The molecule has 4 aromatic rings. The maximum Gasteiger partial charge on any atom is 0.159 e. The largest absolute Gasteiger partial charge is 0.299 e. The van der Waals surface area contributed by atoms with Gasteiger partial charge in [-0.25, -0.2) is 0 Å². The van der Waals surface area contributed by atoms with Gasteiger partial charge in [-0.3, -0.25) is 4.79 Å². The molecule has 0 bridgehead atoms. The molecule has 0 radical (unpaired) electrons. The van der Waals surface area contributed by atoms with Gasteiger partial charge < -0.3 is 0 Å². The molecule has 2 aliphatic carbocycles. The first-order chi connectivity index (χ1) is 15.8. The third-order valence-electron chi connectivity index (χ3n) is 7.67. The van der Waals surface area contributed by atoms with Gasteiger partial charge in [0.2, 0.25) is 0 Å². The summed E-state index contributed by atoms with van der Waals surface area (Å²) in [5.41, 5.74) is 1.33. The van der Waals surface area contributed by atoms with E-state index in [9.17, 15) is 4.79 Å². The lowest BCUT2D eigenvalue weighted by Crippen LogP contribution is -2.71. The Balaban J connectivity index is 1.68. The van der Waals surface area contributed by atoms with Crippen molar-refractivity contribution < 1.29 is 4.79 Å². The van der Waals surface area contributed by atoms with Crippen molar-refractivity contribution in [3.63, 3.8) is 0 Å². The zero-order chi connectivity index (χ0) is 21.5. The van der Waals surface area contributed by atoms with Crippen LogP contribution in [-0.2, 0) is 4.79 Å². The SMILES string of the molecule is O=C1[C@H]2C[C@H]2[C@H](c2ccccc2)[C@H]1[Si](c1ccccc1)(c1ccccc1)c1ccccc1. The lowest BCUT2D eigenvalue weighted by atomic mass is 9.93. The van der Waals surface area contributed by atoms with E-state index >= 15 is 0 Å². The van der Waals surface area contributed by atoms with Crippen molar-refractivity contribution >= 4 is 29.4 Å². The monoisotopic (exact) mass is 430 g/mol. The van der Waals surface area contributed by atoms with E-state index in [1.807, 2.05) is 0 Å². The van der Waals surface area contributed by atoms with Gasteiger partial charge in [0.05, 0.1) is 0 Å². The molecule has 156 valence electrons. The molecule has 4 aromatic carbocycles. The molecule has 2 heteroatoms. The van der Waals surface area contributed by atoms with E-state index in [-0.39, 0.29) is 17.4 Å². The lowest BCUT2D eigenvalue weighted by Gasteiger charge is -2.42. The Morgan fingerprint density at radius 3 is 1.41 bits per heavy atom. The van der Waals surface area contributed by atoms with E-state index in [4.69, 9.17) is 0 Å². The topological polar surface area (TPSA) is 17.1 Å². The standard InChI is InChI=1S/C30H26OSi/c31-29-27-21-26(27)28(22-13-5-1-6-14-22)30(29)32(23-15-7-2-8-16-23,24-17-9-3-10-18-24)25-19-11-4-12-20-25/h1-20,26-28,30H,21H2/t26-,27+,28+,30-/m1/s1. The fourth-order valence-electron chi connectivity index (χ4n) is 6.33. The number of Topliss-reactive ketones (excluding diaryl/α,β-unsaturated/α-hetero) is 1. The highest BCUT2D eigenvalue weighted by Gasteiger charge is 2.66. The Morgan fingerprint density at radius 2 is 0.969 bits per heavy atom. The first kappa shape index (κ1) is 19.5. The van der Waals surface area contributed by atoms with Crippen LogP contribution in [0.5, 0.6) is 0 Å². The average Bonchev–Trinajstić information content (AvgIpc) is 3.61. The Labute approximate surface area is 190 Å². The highest BCUT2D eigenvalue weighted by molar-refractivity contribution is 7.14. The maximum absolute atomic E-state index is 14.1. The summed E-state index contributed by atoms with van der Waals surface area (Å²) in [4.78, 5) is 14.1. The molecule has 0 saturated heterocycles. The van der Waals surface area contributed by atoms with Crippen LogP contribution in [0.3, 0.4) is 0 Å². The summed E-state index contributed by atoms with van der Waals surface area (Å²) in [5.74, 6) is 1.49. The fourth-order valence-corrected chi connectivity index (χ4v) is 12.2. The summed E-state index contributed by atoms with van der Waals surface area (Å²) in [6.07, 6.45) is 1.05. The van der Waals surface area contributed by atoms with E-state index in [2.05, 4.69) is 121 Å². The quantitative estimate of drug-likeness (QED) is 0.336. The Kier molecular flexibility index (Phi) is 4.69. The molecule has 32 heavy (non-hydrogen) atoms. The molecule has 2 aliphatic rings. The lowest BCUT2D eigenvalue weighted by molar-refractivity contribution is -0.119. The summed E-state index contributed by atoms with van der Waals surface area (Å²) < 4.78 is 0. The third-order valence-corrected chi connectivity index (χ3v) is 13.0. The van der Waals surface area contributed by atoms with Gasteiger partial charge in [-0.1, -0.05) is 121 Å². The van der Waals surface area contributed by atoms with E-state index in [0.29, 0.717) is 11.7 Å². The highest BCUT2D eigenvalue weighted by Crippen LogP contribution is 2.64. The molecule has 0 aromatic heterocycles. The molecule has 1 nitrogen and oxygen atoms in total. The summed E-state index contributed by atoms with van der Waals surface area (Å²) in [7, 11) is -2.66. The van der Waals surface area contributed by atoms with Crippen LogP contribution >= 0.6 is 0 Å². The molecule has 0 heterocycles. The predicted octanol–water partition coefficient (Wildman–Crippen LogP) is 4.53. The molecule has 0 N–H and O–H groups in total. The Morgan fingerprint density at radius 1 is 0.562 bits per heavy atom. The predicted molar refractivity (Wildman–Crippen MR) is 134 cm³/mol. The molecule has 6 rings (SSSR count). The summed E-state index contributed by atoms with van der Waals surface area (Å²) >= 11 is 0. The minimum absolute atomic E-state index is 0.000787. The average molecular weight is 431 g/mol. The summed E-state index contributed by atoms with van der Waals surface area (Å²) in [6, 6.07) is 43.5. The number of carbonyl (C=O) groups excluding carboxylic acids is 1. The van der Waals surface area contributed by atoms with Crippen LogP contribution in [0.2, 0.25) is 5.54 Å². The fraction of sp³-hybridized carbons (Fsp3) is 0.167. The van der Waals surface area contributed by atoms with Crippen LogP contribution in [0.15, 0.2) is 121 Å². The first-order valence-electron chi connectivity index (χ1n) is 11.6. The number of fused-ring (bicyclic) bond motifs is 1. The minimum Gasteiger partial charge on any atom is -0.299 e. The number of hydrogen-bond donors (Lipinski definition) is 0. The zero-order valence-electron chi connectivity index (χ0n) is 18.0. The second-order valence-electron chi connectivity index (χ2n) is 9.23. The van der Waals surface area contributed by atoms with Crippen LogP contribution in [0, 0.1) is 11.8 Å². The normalized spacial score (nSPS) is 24.2. The van der Waals surface area contributed by atoms with Gasteiger partial charge in [0.1, 0.15) is 5.78 Å². The second-order valence-corrected chi connectivity index (χ2v) is 13.2. The minimum atomic E-state index is -2.66. The molecule has 2 saturated carbocycles. The van der Waals surface area contributed by atoms with Gasteiger partial charge in [-0.2, -0.15) is 0 Å². The molecular weight excluding hydrogens is 404 g/mol. The van der Waals surface area contributed by atoms with Crippen molar-refractivity contribution in [3.8, 4) is 0 Å². The number of benzene rings is 4. The van der Waals surface area contributed by atoms with Crippen LogP contribution in [0.25, 0.3) is 0 Å². The van der Waals surface area contributed by atoms with Crippen molar-refractivity contribution in [3.05, 3.63) is 127 Å². The van der Waals surface area contributed by atoms with Gasteiger partial charge in [0, 0.05) is 11.5 Å².